The molecule has 1 N–H and O–H groups in total. The molecule has 0 aliphatic heterocycles. The van der Waals surface area contributed by atoms with Crippen LogP contribution in [0.5, 0.6) is 0 Å². The lowest BCUT2D eigenvalue weighted by Gasteiger charge is -2.09. The first-order chi connectivity index (χ1) is 14.3. The summed E-state index contributed by atoms with van der Waals surface area (Å²) in [6, 6.07) is 9.67. The molecule has 0 unspecified atom stereocenters. The highest BCUT2D eigenvalue weighted by molar-refractivity contribution is 6.04. The van der Waals surface area contributed by atoms with Crippen molar-refractivity contribution in [1.82, 2.24) is 24.3 Å². The first-order valence-corrected chi connectivity index (χ1v) is 9.14. The van der Waals surface area contributed by atoms with Gasteiger partial charge in [-0.25, -0.2) is 14.6 Å². The van der Waals surface area contributed by atoms with Gasteiger partial charge in [0.1, 0.15) is 0 Å². The number of halogens is 3. The van der Waals surface area contributed by atoms with E-state index in [9.17, 15) is 18.0 Å². The Bertz CT molecular complexity index is 1220. The number of imidazole rings is 1. The van der Waals surface area contributed by atoms with Gasteiger partial charge in [0.15, 0.2) is 5.82 Å². The molecule has 1 aromatic carbocycles. The number of para-hydroxylation sites is 2. The monoisotopic (exact) mass is 414 g/mol. The molecule has 30 heavy (non-hydrogen) atoms. The summed E-state index contributed by atoms with van der Waals surface area (Å²) in [7, 11) is 0. The molecular formula is C20H17F3N6O. The van der Waals surface area contributed by atoms with Gasteiger partial charge in [-0.3, -0.25) is 10.1 Å². The van der Waals surface area contributed by atoms with Crippen LogP contribution < -0.4 is 5.32 Å². The van der Waals surface area contributed by atoms with Gasteiger partial charge < -0.3 is 4.57 Å². The van der Waals surface area contributed by atoms with Crippen LogP contribution in [0.15, 0.2) is 48.8 Å². The second kappa shape index (κ2) is 7.29. The number of pyridine rings is 1. The van der Waals surface area contributed by atoms with Crippen molar-refractivity contribution in [3.05, 3.63) is 65.6 Å². The molecule has 4 aromatic rings. The lowest BCUT2D eigenvalue weighted by molar-refractivity contribution is -0.137. The Morgan fingerprint density at radius 2 is 1.90 bits per heavy atom. The van der Waals surface area contributed by atoms with E-state index in [1.165, 1.54) is 16.9 Å². The molecule has 7 nitrogen and oxygen atoms in total. The topological polar surface area (TPSA) is 77.6 Å². The van der Waals surface area contributed by atoms with Crippen LogP contribution in [-0.4, -0.2) is 30.2 Å². The van der Waals surface area contributed by atoms with Gasteiger partial charge in [-0.1, -0.05) is 12.1 Å². The molecule has 0 spiro atoms. The summed E-state index contributed by atoms with van der Waals surface area (Å²) in [6.45, 7) is 4.21. The van der Waals surface area contributed by atoms with E-state index in [4.69, 9.17) is 0 Å². The van der Waals surface area contributed by atoms with E-state index in [1.54, 1.807) is 6.92 Å². The molecule has 154 valence electrons. The summed E-state index contributed by atoms with van der Waals surface area (Å²) in [5.74, 6) is 0.166. The van der Waals surface area contributed by atoms with E-state index in [2.05, 4.69) is 20.4 Å². The first-order valence-electron chi connectivity index (χ1n) is 9.14. The Morgan fingerprint density at radius 1 is 1.13 bits per heavy atom. The van der Waals surface area contributed by atoms with Crippen molar-refractivity contribution in [1.29, 1.82) is 0 Å². The molecule has 0 radical (unpaired) electrons. The van der Waals surface area contributed by atoms with Crippen LogP contribution in [0, 0.1) is 6.92 Å². The van der Waals surface area contributed by atoms with Crippen molar-refractivity contribution in [3.63, 3.8) is 0 Å². The number of hydrogen-bond donors (Lipinski definition) is 1. The molecule has 0 saturated carbocycles. The molecule has 0 saturated heterocycles. The fourth-order valence-corrected chi connectivity index (χ4v) is 3.20. The van der Waals surface area contributed by atoms with E-state index in [0.29, 0.717) is 18.2 Å². The zero-order chi connectivity index (χ0) is 21.5. The largest absolute Gasteiger partial charge is 0.417 e. The summed E-state index contributed by atoms with van der Waals surface area (Å²) < 4.78 is 41.4. The lowest BCUT2D eigenvalue weighted by Crippen LogP contribution is -2.16. The summed E-state index contributed by atoms with van der Waals surface area (Å²) in [4.78, 5) is 21.1. The fraction of sp³-hybridized carbons (Fsp3) is 0.200. The molecular weight excluding hydrogens is 397 g/mol. The van der Waals surface area contributed by atoms with Gasteiger partial charge in [0.25, 0.3) is 5.91 Å². The first kappa shape index (κ1) is 19.6. The van der Waals surface area contributed by atoms with E-state index >= 15 is 0 Å². The molecule has 0 bridgehead atoms. The normalized spacial score (nSPS) is 11.8. The maximum atomic E-state index is 12.8. The van der Waals surface area contributed by atoms with Crippen molar-refractivity contribution < 1.29 is 18.0 Å². The van der Waals surface area contributed by atoms with Crippen molar-refractivity contribution in [2.24, 2.45) is 0 Å². The summed E-state index contributed by atoms with van der Waals surface area (Å²) in [5.41, 5.74) is 1.52. The van der Waals surface area contributed by atoms with Gasteiger partial charge in [0, 0.05) is 12.7 Å². The van der Waals surface area contributed by atoms with Crippen LogP contribution >= 0.6 is 0 Å². The molecule has 0 fully saturated rings. The number of aryl methyl sites for hydroxylation is 1. The number of amides is 1. The molecule has 0 atom stereocenters. The number of nitrogens with one attached hydrogen (secondary N) is 1. The fourth-order valence-electron chi connectivity index (χ4n) is 3.20. The van der Waals surface area contributed by atoms with E-state index in [1.807, 2.05) is 35.8 Å². The van der Waals surface area contributed by atoms with Crippen LogP contribution in [0.2, 0.25) is 0 Å². The van der Waals surface area contributed by atoms with Crippen molar-refractivity contribution in [2.45, 2.75) is 26.6 Å². The van der Waals surface area contributed by atoms with Crippen molar-refractivity contribution in [2.75, 3.05) is 5.32 Å². The Kier molecular flexibility index (Phi) is 4.76. The molecule has 0 aliphatic carbocycles. The molecule has 3 heterocycles. The van der Waals surface area contributed by atoms with Crippen LogP contribution in [0.1, 0.15) is 28.5 Å². The van der Waals surface area contributed by atoms with Gasteiger partial charge >= 0.3 is 6.18 Å². The van der Waals surface area contributed by atoms with Gasteiger partial charge in [-0.05, 0) is 38.1 Å². The van der Waals surface area contributed by atoms with Gasteiger partial charge in [-0.15, -0.1) is 0 Å². The number of rotatable bonds is 4. The Morgan fingerprint density at radius 3 is 2.57 bits per heavy atom. The number of fused-ring (bicyclic) bond motifs is 1. The quantitative estimate of drug-likeness (QED) is 0.543. The van der Waals surface area contributed by atoms with Crippen LogP contribution in [0.4, 0.5) is 19.1 Å². The Balaban J connectivity index is 1.62. The number of nitrogens with zero attached hydrogens (tertiary/aromatic N) is 5. The van der Waals surface area contributed by atoms with E-state index in [-0.39, 0.29) is 11.4 Å². The third-order valence-electron chi connectivity index (χ3n) is 4.74. The molecule has 1 amide bonds. The smallest absolute Gasteiger partial charge is 0.310 e. The number of benzene rings is 1. The predicted octanol–water partition coefficient (Wildman–Crippen LogP) is 4.22. The number of carbonyl (C=O) groups excluding carboxylic acids is 1. The van der Waals surface area contributed by atoms with Crippen LogP contribution in [0.25, 0.3) is 16.9 Å². The van der Waals surface area contributed by atoms with Crippen molar-refractivity contribution >= 4 is 22.9 Å². The maximum absolute atomic E-state index is 12.8. The van der Waals surface area contributed by atoms with Crippen LogP contribution in [-0.2, 0) is 12.7 Å². The summed E-state index contributed by atoms with van der Waals surface area (Å²) in [6.07, 6.45) is -2.39. The minimum absolute atomic E-state index is 0.181. The summed E-state index contributed by atoms with van der Waals surface area (Å²) in [5, 5.41) is 6.90. The minimum atomic E-state index is -4.47. The zero-order valence-electron chi connectivity index (χ0n) is 16.1. The molecule has 10 heteroatoms. The average molecular weight is 414 g/mol. The molecule has 0 aliphatic rings. The number of alkyl halides is 3. The van der Waals surface area contributed by atoms with E-state index < -0.39 is 17.6 Å². The second-order valence-corrected chi connectivity index (χ2v) is 6.58. The highest BCUT2D eigenvalue weighted by Gasteiger charge is 2.31. The van der Waals surface area contributed by atoms with E-state index in [0.717, 1.165) is 23.3 Å². The summed E-state index contributed by atoms with van der Waals surface area (Å²) >= 11 is 0. The number of carbonyl (C=O) groups is 1. The number of aromatic nitrogens is 5. The average Bonchev–Trinajstić information content (AvgIpc) is 3.27. The molecule has 3 aromatic heterocycles. The molecule has 4 rings (SSSR count). The lowest BCUT2D eigenvalue weighted by atomic mass is 10.2. The zero-order valence-corrected chi connectivity index (χ0v) is 16.1. The Hall–Kier alpha value is -3.69. The standard InChI is InChI=1S/C20H17F3N6O/c1-3-28-16-7-5-4-6-15(16)26-19(28)27-18(30)14-11-25-29(12(14)2)17-9-8-13(10-24-17)20(21,22)23/h4-11H,3H2,1-2H3,(H,26,27,30). The van der Waals surface area contributed by atoms with Gasteiger partial charge in [-0.2, -0.15) is 18.3 Å². The number of anilines is 1. The highest BCUT2D eigenvalue weighted by Crippen LogP contribution is 2.29. The third-order valence-corrected chi connectivity index (χ3v) is 4.74. The van der Waals surface area contributed by atoms with Crippen molar-refractivity contribution in [3.8, 4) is 5.82 Å². The Labute approximate surface area is 169 Å². The highest BCUT2D eigenvalue weighted by atomic mass is 19.4. The predicted molar refractivity (Wildman–Crippen MR) is 104 cm³/mol. The van der Waals surface area contributed by atoms with Gasteiger partial charge in [0.2, 0.25) is 5.95 Å². The minimum Gasteiger partial charge on any atom is -0.310 e. The second-order valence-electron chi connectivity index (χ2n) is 6.58. The number of hydrogen-bond acceptors (Lipinski definition) is 4. The van der Waals surface area contributed by atoms with Crippen LogP contribution in [0.3, 0.4) is 0 Å². The van der Waals surface area contributed by atoms with Gasteiger partial charge in [0.05, 0.1) is 34.1 Å². The maximum Gasteiger partial charge on any atom is 0.417 e. The SMILES string of the molecule is CCn1c(NC(=O)c2cnn(-c3ccc(C(F)(F)F)cn3)c2C)nc2ccccc21. The third kappa shape index (κ3) is 3.40.